The van der Waals surface area contributed by atoms with Crippen LogP contribution in [0.25, 0.3) is 22.6 Å². The summed E-state index contributed by atoms with van der Waals surface area (Å²) in [4.78, 5) is 29.7. The molecule has 9 heteroatoms. The molecule has 0 saturated heterocycles. The van der Waals surface area contributed by atoms with Crippen LogP contribution in [0.2, 0.25) is 0 Å². The zero-order valence-corrected chi connectivity index (χ0v) is 17.4. The number of hydrogen-bond acceptors (Lipinski definition) is 8. The van der Waals surface area contributed by atoms with E-state index in [2.05, 4.69) is 20.6 Å². The Kier molecular flexibility index (Phi) is 4.68. The van der Waals surface area contributed by atoms with Crippen LogP contribution < -0.4 is 5.32 Å². The smallest absolute Gasteiger partial charge is 0.308 e. The van der Waals surface area contributed by atoms with E-state index in [0.717, 1.165) is 0 Å². The van der Waals surface area contributed by atoms with Gasteiger partial charge in [-0.15, -0.1) is 0 Å². The molecule has 0 fully saturated rings. The number of carbonyl (C=O) groups is 2. The minimum absolute atomic E-state index is 0.0751. The summed E-state index contributed by atoms with van der Waals surface area (Å²) in [6, 6.07) is 4.57. The quantitative estimate of drug-likeness (QED) is 0.651. The molecule has 3 aromatic rings. The Hall–Kier alpha value is -3.49. The van der Waals surface area contributed by atoms with Crippen molar-refractivity contribution in [2.75, 3.05) is 0 Å². The normalized spacial score (nSPS) is 15.8. The van der Waals surface area contributed by atoms with Crippen molar-refractivity contribution in [3.8, 4) is 22.6 Å². The minimum atomic E-state index is -0.704. The molecule has 0 spiro atoms. The molecule has 1 amide bonds. The monoisotopic (exact) mass is 410 g/mol. The maximum absolute atomic E-state index is 13.1. The summed E-state index contributed by atoms with van der Waals surface area (Å²) >= 11 is 0. The second-order valence-corrected chi connectivity index (χ2v) is 8.23. The zero-order valence-electron chi connectivity index (χ0n) is 17.4. The molecular formula is C21H22N4O5. The van der Waals surface area contributed by atoms with E-state index in [1.807, 2.05) is 0 Å². The van der Waals surface area contributed by atoms with Gasteiger partial charge in [-0.3, -0.25) is 9.59 Å². The van der Waals surface area contributed by atoms with E-state index in [9.17, 15) is 9.59 Å². The second kappa shape index (κ2) is 7.08. The van der Waals surface area contributed by atoms with Gasteiger partial charge in [0, 0.05) is 11.1 Å². The van der Waals surface area contributed by atoms with Crippen LogP contribution in [0.5, 0.6) is 0 Å². The fraction of sp³-hybridized carbons (Fsp3) is 0.381. The average Bonchev–Trinajstić information content (AvgIpc) is 3.22. The van der Waals surface area contributed by atoms with E-state index in [4.69, 9.17) is 13.8 Å². The van der Waals surface area contributed by atoms with E-state index < -0.39 is 17.6 Å². The number of ether oxygens (including phenoxy) is 1. The van der Waals surface area contributed by atoms with Gasteiger partial charge in [0.2, 0.25) is 0 Å². The number of nitrogens with one attached hydrogen (secondary N) is 1. The number of esters is 1. The molecule has 3 heterocycles. The first kappa shape index (κ1) is 19.8. The summed E-state index contributed by atoms with van der Waals surface area (Å²) in [5, 5.41) is 10.7. The van der Waals surface area contributed by atoms with Gasteiger partial charge in [0.15, 0.2) is 11.6 Å². The van der Waals surface area contributed by atoms with Crippen molar-refractivity contribution in [2.24, 2.45) is 0 Å². The molecule has 0 aliphatic carbocycles. The SMILES string of the molecule is Cc1noc(-c2ccc3c(c2)C(=O)N[C@@H](CC(=O)OC(C)(C)C)c2onc(C)c2-3)n1. The van der Waals surface area contributed by atoms with Crippen molar-refractivity contribution >= 4 is 11.9 Å². The third-order valence-corrected chi connectivity index (χ3v) is 4.61. The van der Waals surface area contributed by atoms with E-state index in [-0.39, 0.29) is 12.3 Å². The molecular weight excluding hydrogens is 388 g/mol. The number of aromatic nitrogens is 3. The van der Waals surface area contributed by atoms with Crippen molar-refractivity contribution in [1.82, 2.24) is 20.6 Å². The van der Waals surface area contributed by atoms with Gasteiger partial charge >= 0.3 is 5.97 Å². The Morgan fingerprint density at radius 2 is 1.93 bits per heavy atom. The average molecular weight is 410 g/mol. The molecule has 0 unspecified atom stereocenters. The first-order valence-corrected chi connectivity index (χ1v) is 9.56. The standard InChI is InChI=1S/C21H22N4O5/c1-10-17-13-7-6-12(20-22-11(2)25-30-20)8-14(13)19(27)23-15(18(17)29-24-10)9-16(26)28-21(3,4)5/h6-8,15H,9H2,1-5H3,(H,23,27)/t15-/m0/s1. The topological polar surface area (TPSA) is 120 Å². The van der Waals surface area contributed by atoms with Gasteiger partial charge in [-0.25, -0.2) is 0 Å². The molecule has 156 valence electrons. The predicted molar refractivity (Wildman–Crippen MR) is 105 cm³/mol. The summed E-state index contributed by atoms with van der Waals surface area (Å²) in [5.74, 6) is 0.453. The Morgan fingerprint density at radius 3 is 2.60 bits per heavy atom. The number of fused-ring (bicyclic) bond motifs is 3. The van der Waals surface area contributed by atoms with Gasteiger partial charge in [-0.2, -0.15) is 4.98 Å². The lowest BCUT2D eigenvalue weighted by molar-refractivity contribution is -0.155. The van der Waals surface area contributed by atoms with Crippen molar-refractivity contribution < 1.29 is 23.4 Å². The van der Waals surface area contributed by atoms with Crippen LogP contribution in [0.1, 0.15) is 60.9 Å². The lowest BCUT2D eigenvalue weighted by Gasteiger charge is -2.21. The Balaban J connectivity index is 1.75. The highest BCUT2D eigenvalue weighted by atomic mass is 16.6. The number of hydrogen-bond donors (Lipinski definition) is 1. The van der Waals surface area contributed by atoms with Crippen LogP contribution in [0.3, 0.4) is 0 Å². The number of amides is 1. The van der Waals surface area contributed by atoms with Crippen LogP contribution in [-0.4, -0.2) is 32.8 Å². The maximum atomic E-state index is 13.1. The molecule has 0 radical (unpaired) electrons. The highest BCUT2D eigenvalue weighted by molar-refractivity contribution is 6.04. The third-order valence-electron chi connectivity index (χ3n) is 4.61. The zero-order chi connectivity index (χ0) is 21.6. The van der Waals surface area contributed by atoms with E-state index in [1.165, 1.54) is 0 Å². The number of carbonyl (C=O) groups excluding carboxylic acids is 2. The first-order chi connectivity index (χ1) is 14.1. The molecule has 4 rings (SSSR count). The van der Waals surface area contributed by atoms with Crippen LogP contribution >= 0.6 is 0 Å². The van der Waals surface area contributed by atoms with Crippen LogP contribution in [-0.2, 0) is 9.53 Å². The van der Waals surface area contributed by atoms with Gasteiger partial charge < -0.3 is 19.1 Å². The second-order valence-electron chi connectivity index (χ2n) is 8.23. The summed E-state index contributed by atoms with van der Waals surface area (Å²) in [7, 11) is 0. The number of rotatable bonds is 3. The third kappa shape index (κ3) is 3.70. The molecule has 0 saturated carbocycles. The van der Waals surface area contributed by atoms with Gasteiger partial charge in [0.05, 0.1) is 17.7 Å². The summed E-state index contributed by atoms with van der Waals surface area (Å²) in [5.41, 5.74) is 2.36. The van der Waals surface area contributed by atoms with Gasteiger partial charge in [-0.05, 0) is 52.3 Å². The van der Waals surface area contributed by atoms with E-state index in [1.54, 1.807) is 52.8 Å². The molecule has 1 aromatic carbocycles. The molecule has 0 bridgehead atoms. The fourth-order valence-corrected chi connectivity index (χ4v) is 3.45. The van der Waals surface area contributed by atoms with Crippen molar-refractivity contribution in [3.05, 3.63) is 41.0 Å². The van der Waals surface area contributed by atoms with Crippen LogP contribution in [0.4, 0.5) is 0 Å². The maximum Gasteiger partial charge on any atom is 0.308 e. The Bertz CT molecular complexity index is 1140. The lowest BCUT2D eigenvalue weighted by atomic mass is 9.95. The molecule has 2 aromatic heterocycles. The molecule has 1 N–H and O–H groups in total. The van der Waals surface area contributed by atoms with Crippen LogP contribution in [0, 0.1) is 13.8 Å². The van der Waals surface area contributed by atoms with Crippen molar-refractivity contribution in [1.29, 1.82) is 0 Å². The summed E-state index contributed by atoms with van der Waals surface area (Å²) in [6.07, 6.45) is -0.0751. The molecule has 1 aliphatic rings. The number of aryl methyl sites for hydroxylation is 2. The summed E-state index contributed by atoms with van der Waals surface area (Å²) < 4.78 is 16.2. The predicted octanol–water partition coefficient (Wildman–Crippen LogP) is 3.52. The van der Waals surface area contributed by atoms with E-state index >= 15 is 0 Å². The van der Waals surface area contributed by atoms with Gasteiger partial charge in [0.25, 0.3) is 11.8 Å². The van der Waals surface area contributed by atoms with Crippen molar-refractivity contribution in [3.63, 3.8) is 0 Å². The molecule has 9 nitrogen and oxygen atoms in total. The Labute approximate surface area is 172 Å². The minimum Gasteiger partial charge on any atom is -0.460 e. The molecule has 1 aliphatic heterocycles. The first-order valence-electron chi connectivity index (χ1n) is 9.56. The fourth-order valence-electron chi connectivity index (χ4n) is 3.45. The largest absolute Gasteiger partial charge is 0.460 e. The lowest BCUT2D eigenvalue weighted by Crippen LogP contribution is -2.31. The molecule has 1 atom stereocenters. The van der Waals surface area contributed by atoms with Crippen LogP contribution in [0.15, 0.2) is 27.2 Å². The number of benzene rings is 1. The Morgan fingerprint density at radius 1 is 1.17 bits per heavy atom. The van der Waals surface area contributed by atoms with Gasteiger partial charge in [-0.1, -0.05) is 16.4 Å². The highest BCUT2D eigenvalue weighted by Gasteiger charge is 2.34. The highest BCUT2D eigenvalue weighted by Crippen LogP contribution is 2.39. The summed E-state index contributed by atoms with van der Waals surface area (Å²) in [6.45, 7) is 8.88. The van der Waals surface area contributed by atoms with Crippen molar-refractivity contribution in [2.45, 2.75) is 52.7 Å². The number of nitrogens with zero attached hydrogens (tertiary/aromatic N) is 3. The molecule has 30 heavy (non-hydrogen) atoms. The van der Waals surface area contributed by atoms with E-state index in [0.29, 0.717) is 45.4 Å². The van der Waals surface area contributed by atoms with Gasteiger partial charge in [0.1, 0.15) is 11.6 Å².